The van der Waals surface area contributed by atoms with E-state index in [1.54, 1.807) is 62.6 Å². The monoisotopic (exact) mass is 422 g/mol. The zero-order chi connectivity index (χ0) is 22.2. The Kier molecular flexibility index (Phi) is 7.65. The second-order valence-electron chi connectivity index (χ2n) is 8.07. The van der Waals surface area contributed by atoms with E-state index < -0.39 is 0 Å². The third-order valence-corrected chi connectivity index (χ3v) is 5.32. The van der Waals surface area contributed by atoms with Crippen molar-refractivity contribution in [2.45, 2.75) is 38.1 Å². The van der Waals surface area contributed by atoms with Gasteiger partial charge in [-0.25, -0.2) is 0 Å². The minimum Gasteiger partial charge on any atom is -0.376 e. The summed E-state index contributed by atoms with van der Waals surface area (Å²) in [7, 11) is 3.39. The van der Waals surface area contributed by atoms with Gasteiger partial charge in [-0.3, -0.25) is 14.4 Å². The van der Waals surface area contributed by atoms with Gasteiger partial charge in [0, 0.05) is 42.6 Å². The Balaban J connectivity index is 1.54. The van der Waals surface area contributed by atoms with Crippen molar-refractivity contribution in [3.63, 3.8) is 0 Å². The number of amides is 3. The molecule has 0 radical (unpaired) electrons. The average molecular weight is 423 g/mol. The normalized spacial score (nSPS) is 13.9. The van der Waals surface area contributed by atoms with Gasteiger partial charge in [-0.2, -0.15) is 0 Å². The number of hydrogen-bond donors (Lipinski definition) is 3. The van der Waals surface area contributed by atoms with Gasteiger partial charge in [0.15, 0.2) is 0 Å². The Bertz CT molecular complexity index is 936. The lowest BCUT2D eigenvalue weighted by Crippen LogP contribution is -2.36. The number of nitrogens with one attached hydrogen (secondary N) is 3. The molecule has 0 heterocycles. The molecule has 1 saturated carbocycles. The number of rotatable bonds is 7. The fraction of sp³-hybridized carbons (Fsp3) is 0.375. The molecule has 3 rings (SSSR count). The third-order valence-electron chi connectivity index (χ3n) is 5.32. The summed E-state index contributed by atoms with van der Waals surface area (Å²) in [5, 5.41) is 8.93. The highest BCUT2D eigenvalue weighted by atomic mass is 16.2. The van der Waals surface area contributed by atoms with Crippen molar-refractivity contribution in [3.8, 4) is 0 Å². The minimum absolute atomic E-state index is 0.0398. The topological polar surface area (TPSA) is 90.5 Å². The van der Waals surface area contributed by atoms with Gasteiger partial charge in [-0.1, -0.05) is 31.4 Å². The van der Waals surface area contributed by atoms with Gasteiger partial charge in [0.05, 0.1) is 6.54 Å². The van der Waals surface area contributed by atoms with Gasteiger partial charge in [-0.15, -0.1) is 0 Å². The van der Waals surface area contributed by atoms with Crippen LogP contribution in [0, 0.1) is 0 Å². The molecule has 164 valence electrons. The van der Waals surface area contributed by atoms with E-state index in [0.717, 1.165) is 25.7 Å². The van der Waals surface area contributed by atoms with E-state index in [1.807, 2.05) is 0 Å². The largest absolute Gasteiger partial charge is 0.376 e. The highest BCUT2D eigenvalue weighted by Gasteiger charge is 2.17. The summed E-state index contributed by atoms with van der Waals surface area (Å²) in [5.74, 6) is -0.450. The molecule has 7 nitrogen and oxygen atoms in total. The van der Waals surface area contributed by atoms with Gasteiger partial charge >= 0.3 is 0 Å². The average Bonchev–Trinajstić information content (AvgIpc) is 2.78. The van der Waals surface area contributed by atoms with Crippen molar-refractivity contribution in [1.82, 2.24) is 10.2 Å². The Morgan fingerprint density at radius 1 is 0.903 bits per heavy atom. The van der Waals surface area contributed by atoms with E-state index in [9.17, 15) is 14.4 Å². The first-order valence-corrected chi connectivity index (χ1v) is 10.7. The number of hydrogen-bond acceptors (Lipinski definition) is 4. The van der Waals surface area contributed by atoms with Crippen LogP contribution in [0.4, 0.5) is 11.4 Å². The SMILES string of the molecule is CN(C)C(=O)c1cccc(NCC(=O)Nc2cccc(C(=O)NC3CCCCC3)c2)c1. The van der Waals surface area contributed by atoms with Crippen molar-refractivity contribution in [1.29, 1.82) is 0 Å². The second kappa shape index (κ2) is 10.6. The summed E-state index contributed by atoms with van der Waals surface area (Å²) >= 11 is 0. The molecular weight excluding hydrogens is 392 g/mol. The lowest BCUT2D eigenvalue weighted by Gasteiger charge is -2.22. The quantitative estimate of drug-likeness (QED) is 0.637. The molecule has 0 atom stereocenters. The van der Waals surface area contributed by atoms with Crippen LogP contribution in [0.2, 0.25) is 0 Å². The van der Waals surface area contributed by atoms with Crippen LogP contribution in [0.1, 0.15) is 52.8 Å². The fourth-order valence-electron chi connectivity index (χ4n) is 3.66. The summed E-state index contributed by atoms with van der Waals surface area (Å²) in [6.45, 7) is 0.0398. The smallest absolute Gasteiger partial charge is 0.253 e. The maximum Gasteiger partial charge on any atom is 0.253 e. The number of anilines is 2. The van der Waals surface area contributed by atoms with Gasteiger partial charge < -0.3 is 20.9 Å². The van der Waals surface area contributed by atoms with Crippen molar-refractivity contribution in [2.75, 3.05) is 31.3 Å². The van der Waals surface area contributed by atoms with Crippen molar-refractivity contribution in [2.24, 2.45) is 0 Å². The van der Waals surface area contributed by atoms with Crippen LogP contribution < -0.4 is 16.0 Å². The van der Waals surface area contributed by atoms with Crippen LogP contribution in [0.15, 0.2) is 48.5 Å². The highest BCUT2D eigenvalue weighted by molar-refractivity contribution is 5.98. The van der Waals surface area contributed by atoms with Crippen LogP contribution in [0.5, 0.6) is 0 Å². The summed E-state index contributed by atoms with van der Waals surface area (Å²) in [6.07, 6.45) is 5.59. The van der Waals surface area contributed by atoms with Crippen LogP contribution in [0.3, 0.4) is 0 Å². The van der Waals surface area contributed by atoms with E-state index >= 15 is 0 Å². The second-order valence-corrected chi connectivity index (χ2v) is 8.07. The maximum atomic E-state index is 12.5. The number of benzene rings is 2. The van der Waals surface area contributed by atoms with E-state index in [1.165, 1.54) is 11.3 Å². The van der Waals surface area contributed by atoms with Crippen LogP contribution in [0.25, 0.3) is 0 Å². The van der Waals surface area contributed by atoms with Gasteiger partial charge in [0.2, 0.25) is 5.91 Å². The minimum atomic E-state index is -0.242. The zero-order valence-corrected chi connectivity index (χ0v) is 18.1. The molecule has 31 heavy (non-hydrogen) atoms. The van der Waals surface area contributed by atoms with Gasteiger partial charge in [0.1, 0.15) is 0 Å². The Morgan fingerprint density at radius 2 is 1.55 bits per heavy atom. The molecule has 0 aliphatic heterocycles. The Labute approximate surface area is 183 Å². The van der Waals surface area contributed by atoms with E-state index in [-0.39, 0.29) is 30.3 Å². The van der Waals surface area contributed by atoms with E-state index in [4.69, 9.17) is 0 Å². The maximum absolute atomic E-state index is 12.5. The molecule has 0 bridgehead atoms. The molecule has 1 aliphatic rings. The Hall–Kier alpha value is -3.35. The predicted octanol–water partition coefficient (Wildman–Crippen LogP) is 3.50. The number of carbonyl (C=O) groups is 3. The summed E-state index contributed by atoms with van der Waals surface area (Å²) in [5.41, 5.74) is 2.33. The molecule has 0 saturated heterocycles. The summed E-state index contributed by atoms with van der Waals surface area (Å²) < 4.78 is 0. The van der Waals surface area contributed by atoms with Gasteiger partial charge in [0.25, 0.3) is 11.8 Å². The molecule has 0 spiro atoms. The third kappa shape index (κ3) is 6.57. The highest BCUT2D eigenvalue weighted by Crippen LogP contribution is 2.18. The zero-order valence-electron chi connectivity index (χ0n) is 18.1. The molecule has 3 N–H and O–H groups in total. The van der Waals surface area contributed by atoms with Crippen molar-refractivity contribution < 1.29 is 14.4 Å². The van der Waals surface area contributed by atoms with E-state index in [2.05, 4.69) is 16.0 Å². The molecule has 2 aromatic rings. The fourth-order valence-corrected chi connectivity index (χ4v) is 3.66. The lowest BCUT2D eigenvalue weighted by atomic mass is 9.95. The van der Waals surface area contributed by atoms with Gasteiger partial charge in [-0.05, 0) is 49.2 Å². The number of nitrogens with zero attached hydrogens (tertiary/aromatic N) is 1. The molecule has 1 fully saturated rings. The molecule has 1 aliphatic carbocycles. The van der Waals surface area contributed by atoms with E-state index in [0.29, 0.717) is 22.5 Å². The summed E-state index contributed by atoms with van der Waals surface area (Å²) in [4.78, 5) is 38.5. The first-order chi connectivity index (χ1) is 14.9. The molecule has 2 aromatic carbocycles. The lowest BCUT2D eigenvalue weighted by molar-refractivity contribution is -0.114. The Morgan fingerprint density at radius 3 is 2.26 bits per heavy atom. The molecule has 0 unspecified atom stereocenters. The number of carbonyl (C=O) groups excluding carboxylic acids is 3. The standard InChI is InChI=1S/C24H30N4O3/c1-28(2)24(31)18-9-7-12-20(15-18)25-16-22(29)26-21-13-6-8-17(14-21)23(30)27-19-10-4-3-5-11-19/h6-9,12-15,19,25H,3-5,10-11,16H2,1-2H3,(H,26,29)(H,27,30). The molecule has 3 amide bonds. The summed E-state index contributed by atoms with van der Waals surface area (Å²) in [6, 6.07) is 14.2. The van der Waals surface area contributed by atoms with Crippen LogP contribution >= 0.6 is 0 Å². The first kappa shape index (κ1) is 22.3. The molecule has 7 heteroatoms. The predicted molar refractivity (Wildman–Crippen MR) is 122 cm³/mol. The van der Waals surface area contributed by atoms with Crippen LogP contribution in [-0.4, -0.2) is 49.3 Å². The molecule has 0 aromatic heterocycles. The van der Waals surface area contributed by atoms with Crippen molar-refractivity contribution in [3.05, 3.63) is 59.7 Å². The van der Waals surface area contributed by atoms with Crippen LogP contribution in [-0.2, 0) is 4.79 Å². The molecular formula is C24H30N4O3. The van der Waals surface area contributed by atoms with Crippen molar-refractivity contribution >= 4 is 29.1 Å². The first-order valence-electron chi connectivity index (χ1n) is 10.7.